The van der Waals surface area contributed by atoms with Crippen LogP contribution in [-0.4, -0.2) is 11.8 Å². The van der Waals surface area contributed by atoms with Crippen LogP contribution in [0.3, 0.4) is 0 Å². The number of ether oxygens (including phenoxy) is 1. The molecule has 0 unspecified atom stereocenters. The predicted octanol–water partition coefficient (Wildman–Crippen LogP) is 3.00. The Kier molecular flexibility index (Phi) is 3.51. The van der Waals surface area contributed by atoms with Gasteiger partial charge in [-0.1, -0.05) is 6.07 Å². The zero-order chi connectivity index (χ0) is 11.4. The fraction of sp³-hybridized carbons (Fsp3) is 0.167. The number of hydrogen-bond acceptors (Lipinski definition) is 2. The van der Waals surface area contributed by atoms with Crippen LogP contribution in [0, 0.1) is 0 Å². The van der Waals surface area contributed by atoms with Crippen LogP contribution >= 0.6 is 15.9 Å². The van der Waals surface area contributed by atoms with Gasteiger partial charge < -0.3 is 10.2 Å². The normalized spacial score (nSPS) is 10.1. The zero-order valence-corrected chi connectivity index (χ0v) is 10.6. The van der Waals surface area contributed by atoms with E-state index in [9.17, 15) is 0 Å². The van der Waals surface area contributed by atoms with Crippen molar-refractivity contribution in [2.45, 2.75) is 6.54 Å². The van der Waals surface area contributed by atoms with E-state index in [1.54, 1.807) is 7.11 Å². The van der Waals surface area contributed by atoms with Crippen LogP contribution in [0.15, 0.2) is 47.2 Å². The maximum atomic E-state index is 5.18. The lowest BCUT2D eigenvalue weighted by Gasteiger charge is -2.09. The van der Waals surface area contributed by atoms with E-state index in [0.29, 0.717) is 0 Å². The fourth-order valence-corrected chi connectivity index (χ4v) is 2.03. The summed E-state index contributed by atoms with van der Waals surface area (Å²) in [6.07, 6.45) is 3.94. The van der Waals surface area contributed by atoms with Gasteiger partial charge in [-0.2, -0.15) is 0 Å². The van der Waals surface area contributed by atoms with Gasteiger partial charge in [-0.15, -0.1) is 0 Å². The molecule has 0 aliphatic carbocycles. The number of halogens is 1. The second-order valence-electron chi connectivity index (χ2n) is 3.39. The van der Waals surface area contributed by atoms with Crippen molar-refractivity contribution in [3.63, 3.8) is 0 Å². The molecule has 3 nitrogen and oxygen atoms in total. The van der Waals surface area contributed by atoms with Gasteiger partial charge in [0.15, 0.2) is 0 Å². The van der Waals surface area contributed by atoms with Gasteiger partial charge in [0.2, 0.25) is 0 Å². The average molecular weight is 281 g/mol. The molecule has 0 bridgehead atoms. The molecule has 0 atom stereocenters. The first kappa shape index (κ1) is 11.1. The van der Waals surface area contributed by atoms with Gasteiger partial charge in [0.1, 0.15) is 5.75 Å². The number of nitrogens with one attached hydrogen (secondary N) is 1. The molecule has 0 radical (unpaired) electrons. The van der Waals surface area contributed by atoms with E-state index in [4.69, 9.17) is 4.74 Å². The molecule has 0 saturated carbocycles. The summed E-state index contributed by atoms with van der Waals surface area (Å²) in [5.41, 5.74) is 4.46. The van der Waals surface area contributed by atoms with E-state index >= 15 is 0 Å². The summed E-state index contributed by atoms with van der Waals surface area (Å²) in [7, 11) is 1.66. The predicted molar refractivity (Wildman–Crippen MR) is 68.2 cm³/mol. The van der Waals surface area contributed by atoms with Crippen LogP contribution in [0.1, 0.15) is 5.56 Å². The van der Waals surface area contributed by atoms with Crippen molar-refractivity contribution in [1.29, 1.82) is 0 Å². The largest absolute Gasteiger partial charge is 0.496 e. The van der Waals surface area contributed by atoms with E-state index < -0.39 is 0 Å². The standard InChI is InChI=1S/C12H13BrN2O/c1-16-12-5-4-10(8-11(12)13)9-14-15-6-2-3-7-15/h2-8,14H,9H2,1H3. The van der Waals surface area contributed by atoms with Gasteiger partial charge in [-0.3, -0.25) is 4.68 Å². The molecule has 0 spiro atoms. The van der Waals surface area contributed by atoms with Crippen LogP contribution < -0.4 is 10.2 Å². The fourth-order valence-electron chi connectivity index (χ4n) is 1.44. The first-order chi connectivity index (χ1) is 7.79. The molecule has 0 fully saturated rings. The molecule has 2 rings (SSSR count). The quantitative estimate of drug-likeness (QED) is 0.932. The molecule has 1 N–H and O–H groups in total. The van der Waals surface area contributed by atoms with Crippen molar-refractivity contribution in [2.75, 3.05) is 12.5 Å². The third-order valence-corrected chi connectivity index (χ3v) is 2.91. The minimum absolute atomic E-state index is 0.775. The highest BCUT2D eigenvalue weighted by Gasteiger charge is 2.00. The zero-order valence-electron chi connectivity index (χ0n) is 8.98. The summed E-state index contributed by atoms with van der Waals surface area (Å²) >= 11 is 3.47. The molecule has 1 heterocycles. The van der Waals surface area contributed by atoms with Gasteiger partial charge in [0.25, 0.3) is 0 Å². The molecule has 0 saturated heterocycles. The van der Waals surface area contributed by atoms with Gasteiger partial charge >= 0.3 is 0 Å². The molecule has 0 amide bonds. The lowest BCUT2D eigenvalue weighted by atomic mass is 10.2. The maximum Gasteiger partial charge on any atom is 0.133 e. The maximum absolute atomic E-state index is 5.18. The smallest absolute Gasteiger partial charge is 0.133 e. The second kappa shape index (κ2) is 5.07. The summed E-state index contributed by atoms with van der Waals surface area (Å²) in [4.78, 5) is 0. The van der Waals surface area contributed by atoms with Crippen LogP contribution in [0.5, 0.6) is 5.75 Å². The lowest BCUT2D eigenvalue weighted by molar-refractivity contribution is 0.412. The molecular weight excluding hydrogens is 268 g/mol. The second-order valence-corrected chi connectivity index (χ2v) is 4.25. The van der Waals surface area contributed by atoms with Crippen molar-refractivity contribution >= 4 is 15.9 Å². The van der Waals surface area contributed by atoms with Crippen LogP contribution in [0.25, 0.3) is 0 Å². The summed E-state index contributed by atoms with van der Waals surface area (Å²) in [5.74, 6) is 0.852. The number of methoxy groups -OCH3 is 1. The summed E-state index contributed by atoms with van der Waals surface area (Å²) < 4.78 is 8.08. The van der Waals surface area contributed by atoms with E-state index in [2.05, 4.69) is 27.4 Å². The Labute approximate surface area is 103 Å². The third kappa shape index (κ3) is 2.58. The van der Waals surface area contributed by atoms with Gasteiger partial charge in [0.05, 0.1) is 18.1 Å². The van der Waals surface area contributed by atoms with Crippen molar-refractivity contribution in [1.82, 2.24) is 4.68 Å². The average Bonchev–Trinajstić information content (AvgIpc) is 2.79. The summed E-state index contributed by atoms with van der Waals surface area (Å²) in [6.45, 7) is 0.775. The number of benzene rings is 1. The topological polar surface area (TPSA) is 26.2 Å². The number of rotatable bonds is 4. The summed E-state index contributed by atoms with van der Waals surface area (Å²) in [6, 6.07) is 10.0. The highest BCUT2D eigenvalue weighted by molar-refractivity contribution is 9.10. The Hall–Kier alpha value is -1.42. The van der Waals surface area contributed by atoms with Crippen LogP contribution in [-0.2, 0) is 6.54 Å². The highest BCUT2D eigenvalue weighted by Crippen LogP contribution is 2.25. The molecule has 4 heteroatoms. The van der Waals surface area contributed by atoms with Crippen molar-refractivity contribution < 1.29 is 4.74 Å². The first-order valence-electron chi connectivity index (χ1n) is 4.99. The molecule has 1 aromatic heterocycles. The minimum Gasteiger partial charge on any atom is -0.496 e. The molecule has 1 aromatic carbocycles. The SMILES string of the molecule is COc1ccc(CNn2cccc2)cc1Br. The van der Waals surface area contributed by atoms with E-state index in [1.807, 2.05) is 41.3 Å². The lowest BCUT2D eigenvalue weighted by Crippen LogP contribution is -2.11. The van der Waals surface area contributed by atoms with E-state index in [0.717, 1.165) is 16.8 Å². The molecule has 0 aliphatic rings. The Balaban J connectivity index is 2.02. The van der Waals surface area contributed by atoms with Crippen LogP contribution in [0.2, 0.25) is 0 Å². The Morgan fingerprint density at radius 1 is 1.31 bits per heavy atom. The van der Waals surface area contributed by atoms with Gasteiger partial charge in [0, 0.05) is 12.4 Å². The molecule has 16 heavy (non-hydrogen) atoms. The minimum atomic E-state index is 0.775. The molecule has 84 valence electrons. The van der Waals surface area contributed by atoms with Crippen molar-refractivity contribution in [2.24, 2.45) is 0 Å². The third-order valence-electron chi connectivity index (χ3n) is 2.29. The molecular formula is C12H13BrN2O. The Bertz CT molecular complexity index is 454. The highest BCUT2D eigenvalue weighted by atomic mass is 79.9. The van der Waals surface area contributed by atoms with E-state index in [-0.39, 0.29) is 0 Å². The van der Waals surface area contributed by atoms with Crippen molar-refractivity contribution in [3.05, 3.63) is 52.8 Å². The Morgan fingerprint density at radius 2 is 2.06 bits per heavy atom. The van der Waals surface area contributed by atoms with Crippen LogP contribution in [0.4, 0.5) is 0 Å². The Morgan fingerprint density at radius 3 is 2.69 bits per heavy atom. The first-order valence-corrected chi connectivity index (χ1v) is 5.78. The van der Waals surface area contributed by atoms with Gasteiger partial charge in [-0.25, -0.2) is 0 Å². The molecule has 2 aromatic rings. The number of aromatic nitrogens is 1. The molecule has 0 aliphatic heterocycles. The summed E-state index contributed by atoms with van der Waals surface area (Å²) in [5, 5.41) is 0. The number of hydrogen-bond donors (Lipinski definition) is 1. The monoisotopic (exact) mass is 280 g/mol. The van der Waals surface area contributed by atoms with E-state index in [1.165, 1.54) is 5.56 Å². The van der Waals surface area contributed by atoms with Crippen molar-refractivity contribution in [3.8, 4) is 5.75 Å². The number of nitrogens with zero attached hydrogens (tertiary/aromatic N) is 1. The van der Waals surface area contributed by atoms with Gasteiger partial charge in [-0.05, 0) is 45.8 Å².